The van der Waals surface area contributed by atoms with Crippen molar-refractivity contribution in [1.29, 1.82) is 5.26 Å². The SMILES string of the molecule is Cc1cc([N+](=O)[O-])cnc1Sc1ccc(C#N)c(C(F)(F)F)c1. The molecule has 0 fully saturated rings. The average molecular weight is 339 g/mol. The van der Waals surface area contributed by atoms with Crippen LogP contribution < -0.4 is 0 Å². The van der Waals surface area contributed by atoms with Crippen LogP contribution in [0.25, 0.3) is 0 Å². The highest BCUT2D eigenvalue weighted by Gasteiger charge is 2.33. The summed E-state index contributed by atoms with van der Waals surface area (Å²) in [7, 11) is 0. The van der Waals surface area contributed by atoms with Crippen LogP contribution in [0.1, 0.15) is 16.7 Å². The van der Waals surface area contributed by atoms with Crippen LogP contribution in [0.15, 0.2) is 40.4 Å². The Hall–Kier alpha value is -2.60. The molecule has 0 aliphatic heterocycles. The molecule has 5 nitrogen and oxygen atoms in total. The number of halogens is 3. The molecule has 0 bridgehead atoms. The average Bonchev–Trinajstić information content (AvgIpc) is 2.48. The van der Waals surface area contributed by atoms with Crippen molar-refractivity contribution in [2.75, 3.05) is 0 Å². The third-order valence-electron chi connectivity index (χ3n) is 2.86. The molecule has 0 amide bonds. The highest BCUT2D eigenvalue weighted by Crippen LogP contribution is 2.37. The maximum absolute atomic E-state index is 12.9. The number of hydrogen-bond acceptors (Lipinski definition) is 5. The van der Waals surface area contributed by atoms with Gasteiger partial charge < -0.3 is 0 Å². The predicted octanol–water partition coefficient (Wildman–Crippen LogP) is 4.34. The quantitative estimate of drug-likeness (QED) is 0.614. The molecule has 0 aliphatic carbocycles. The summed E-state index contributed by atoms with van der Waals surface area (Å²) in [5, 5.41) is 19.8. The molecule has 0 saturated heterocycles. The summed E-state index contributed by atoms with van der Waals surface area (Å²) >= 11 is 0.941. The van der Waals surface area contributed by atoms with Gasteiger partial charge in [0.05, 0.1) is 22.1 Å². The van der Waals surface area contributed by atoms with Crippen LogP contribution in [-0.4, -0.2) is 9.91 Å². The van der Waals surface area contributed by atoms with E-state index >= 15 is 0 Å². The molecule has 1 aromatic carbocycles. The van der Waals surface area contributed by atoms with Gasteiger partial charge in [0.1, 0.15) is 11.2 Å². The Balaban J connectivity index is 2.38. The van der Waals surface area contributed by atoms with Crippen molar-refractivity contribution in [3.63, 3.8) is 0 Å². The van der Waals surface area contributed by atoms with E-state index in [1.54, 1.807) is 6.92 Å². The van der Waals surface area contributed by atoms with Crippen molar-refractivity contribution in [1.82, 2.24) is 4.98 Å². The fraction of sp³-hybridized carbons (Fsp3) is 0.143. The molecule has 1 aromatic heterocycles. The van der Waals surface area contributed by atoms with E-state index in [1.165, 1.54) is 18.2 Å². The lowest BCUT2D eigenvalue weighted by Crippen LogP contribution is -2.07. The van der Waals surface area contributed by atoms with Gasteiger partial charge in [0.25, 0.3) is 5.69 Å². The minimum Gasteiger partial charge on any atom is -0.258 e. The number of hydrogen-bond donors (Lipinski definition) is 0. The van der Waals surface area contributed by atoms with Crippen LogP contribution in [0.5, 0.6) is 0 Å². The second-order valence-corrected chi connectivity index (χ2v) is 5.55. The molecular weight excluding hydrogens is 331 g/mol. The second-order valence-electron chi connectivity index (χ2n) is 4.49. The molecule has 0 aliphatic rings. The van der Waals surface area contributed by atoms with Crippen molar-refractivity contribution in [3.8, 4) is 6.07 Å². The van der Waals surface area contributed by atoms with E-state index in [2.05, 4.69) is 4.98 Å². The lowest BCUT2D eigenvalue weighted by atomic mass is 10.1. The van der Waals surface area contributed by atoms with Crippen molar-refractivity contribution >= 4 is 17.4 Å². The summed E-state index contributed by atoms with van der Waals surface area (Å²) in [6.07, 6.45) is -3.59. The minimum absolute atomic E-state index is 0.192. The van der Waals surface area contributed by atoms with Crippen LogP contribution in [0, 0.1) is 28.4 Å². The molecule has 1 heterocycles. The second kappa shape index (κ2) is 6.26. The molecule has 0 N–H and O–H groups in total. The zero-order valence-electron chi connectivity index (χ0n) is 11.6. The first-order valence-electron chi connectivity index (χ1n) is 6.12. The highest BCUT2D eigenvalue weighted by molar-refractivity contribution is 7.99. The number of rotatable bonds is 3. The number of aryl methyl sites for hydroxylation is 1. The third-order valence-corrected chi connectivity index (χ3v) is 3.97. The van der Waals surface area contributed by atoms with E-state index < -0.39 is 22.2 Å². The molecule has 0 radical (unpaired) electrons. The van der Waals surface area contributed by atoms with E-state index in [0.717, 1.165) is 30.1 Å². The maximum atomic E-state index is 12.9. The maximum Gasteiger partial charge on any atom is 0.417 e. The van der Waals surface area contributed by atoms with Crippen LogP contribution in [0.3, 0.4) is 0 Å². The fourth-order valence-electron chi connectivity index (χ4n) is 1.78. The number of aromatic nitrogens is 1. The number of benzene rings is 1. The molecule has 9 heteroatoms. The van der Waals surface area contributed by atoms with Gasteiger partial charge >= 0.3 is 6.18 Å². The Morgan fingerprint density at radius 1 is 1.35 bits per heavy atom. The van der Waals surface area contributed by atoms with Gasteiger partial charge in [-0.2, -0.15) is 18.4 Å². The van der Waals surface area contributed by atoms with Gasteiger partial charge in [-0.3, -0.25) is 10.1 Å². The lowest BCUT2D eigenvalue weighted by molar-refractivity contribution is -0.385. The number of nitro groups is 1. The van der Waals surface area contributed by atoms with Gasteiger partial charge in [-0.05, 0) is 30.7 Å². The fourth-order valence-corrected chi connectivity index (χ4v) is 2.65. The summed E-state index contributed by atoms with van der Waals surface area (Å²) < 4.78 is 38.8. The molecular formula is C14H8F3N3O2S. The first-order valence-corrected chi connectivity index (χ1v) is 6.94. The van der Waals surface area contributed by atoms with E-state index in [-0.39, 0.29) is 10.6 Å². The smallest absolute Gasteiger partial charge is 0.258 e. The summed E-state index contributed by atoms with van der Waals surface area (Å²) in [5.41, 5.74) is -1.20. The first-order chi connectivity index (χ1) is 10.7. The van der Waals surface area contributed by atoms with Crippen molar-refractivity contribution in [2.24, 2.45) is 0 Å². The van der Waals surface area contributed by atoms with Crippen LogP contribution >= 0.6 is 11.8 Å². The molecule has 0 saturated carbocycles. The van der Waals surface area contributed by atoms with Crippen molar-refractivity contribution in [2.45, 2.75) is 23.0 Å². The Kier molecular flexibility index (Phi) is 4.56. The Labute approximate surface area is 132 Å². The van der Waals surface area contributed by atoms with Gasteiger partial charge in [0.15, 0.2) is 0 Å². The minimum atomic E-state index is -4.64. The summed E-state index contributed by atoms with van der Waals surface area (Å²) in [6.45, 7) is 1.58. The third kappa shape index (κ3) is 3.78. The van der Waals surface area contributed by atoms with Gasteiger partial charge in [0.2, 0.25) is 0 Å². The number of alkyl halides is 3. The molecule has 0 atom stereocenters. The van der Waals surface area contributed by atoms with Gasteiger partial charge in [-0.25, -0.2) is 4.98 Å². The van der Waals surface area contributed by atoms with E-state index in [4.69, 9.17) is 5.26 Å². The topological polar surface area (TPSA) is 79.8 Å². The molecule has 2 rings (SSSR count). The normalized spacial score (nSPS) is 11.1. The van der Waals surface area contributed by atoms with Crippen molar-refractivity contribution in [3.05, 3.63) is 57.3 Å². The predicted molar refractivity (Wildman–Crippen MR) is 75.9 cm³/mol. The van der Waals surface area contributed by atoms with Crippen molar-refractivity contribution < 1.29 is 18.1 Å². The van der Waals surface area contributed by atoms with Crippen LogP contribution in [-0.2, 0) is 6.18 Å². The Bertz CT molecular complexity index is 816. The lowest BCUT2D eigenvalue weighted by Gasteiger charge is -2.11. The van der Waals surface area contributed by atoms with Crippen LogP contribution in [0.2, 0.25) is 0 Å². The zero-order valence-corrected chi connectivity index (χ0v) is 12.4. The molecule has 2 aromatic rings. The van der Waals surface area contributed by atoms with E-state index in [1.807, 2.05) is 0 Å². The molecule has 23 heavy (non-hydrogen) atoms. The monoisotopic (exact) mass is 339 g/mol. The summed E-state index contributed by atoms with van der Waals surface area (Å²) in [4.78, 5) is 14.2. The van der Waals surface area contributed by atoms with Crippen LogP contribution in [0.4, 0.5) is 18.9 Å². The number of pyridine rings is 1. The van der Waals surface area contributed by atoms with Gasteiger partial charge in [0, 0.05) is 11.0 Å². The summed E-state index contributed by atoms with van der Waals surface area (Å²) in [5.74, 6) is 0. The number of nitrogens with zero attached hydrogens (tertiary/aromatic N) is 3. The standard InChI is InChI=1S/C14H8F3N3O2S/c1-8-4-10(20(21)22)7-19-13(8)23-11-3-2-9(6-18)12(5-11)14(15,16)17/h2-5,7H,1H3. The van der Waals surface area contributed by atoms with Gasteiger partial charge in [-0.1, -0.05) is 11.8 Å². The van der Waals surface area contributed by atoms with E-state index in [0.29, 0.717) is 10.6 Å². The van der Waals surface area contributed by atoms with Gasteiger partial charge in [-0.15, -0.1) is 0 Å². The first kappa shape index (κ1) is 16.8. The Morgan fingerprint density at radius 3 is 2.57 bits per heavy atom. The zero-order chi connectivity index (χ0) is 17.2. The number of nitriles is 1. The largest absolute Gasteiger partial charge is 0.417 e. The molecule has 0 spiro atoms. The molecule has 118 valence electrons. The summed E-state index contributed by atoms with van der Waals surface area (Å²) in [6, 6.07) is 6.13. The Morgan fingerprint density at radius 2 is 2.04 bits per heavy atom. The highest BCUT2D eigenvalue weighted by atomic mass is 32.2. The molecule has 0 unspecified atom stereocenters. The van der Waals surface area contributed by atoms with E-state index in [9.17, 15) is 23.3 Å².